The van der Waals surface area contributed by atoms with Crippen molar-refractivity contribution in [3.8, 4) is 5.75 Å². The first-order chi connectivity index (χ1) is 18.6. The normalized spacial score (nSPS) is 25.5. The number of hydrogen-bond acceptors (Lipinski definition) is 7. The molecule has 2 aliphatic heterocycles. The summed E-state index contributed by atoms with van der Waals surface area (Å²) in [5.41, 5.74) is 0.367. The van der Waals surface area contributed by atoms with Crippen molar-refractivity contribution in [2.24, 2.45) is 10.9 Å². The molecule has 9 nitrogen and oxygen atoms in total. The van der Waals surface area contributed by atoms with E-state index in [4.69, 9.17) is 9.84 Å². The van der Waals surface area contributed by atoms with Gasteiger partial charge in [0.1, 0.15) is 11.0 Å². The maximum atomic E-state index is 13.6. The Morgan fingerprint density at radius 1 is 1.00 bits per heavy atom. The number of halogens is 3. The molecule has 1 aliphatic carbocycles. The molecule has 3 aliphatic rings. The molecule has 2 heterocycles. The van der Waals surface area contributed by atoms with Crippen molar-refractivity contribution in [2.75, 3.05) is 26.2 Å². The predicted molar refractivity (Wildman–Crippen MR) is 140 cm³/mol. The van der Waals surface area contributed by atoms with Gasteiger partial charge in [-0.3, -0.25) is 14.4 Å². The number of aliphatic imine (C=N–C) groups is 1. The molecule has 2 atom stereocenters. The number of carboxylic acids is 1. The number of rotatable bonds is 8. The van der Waals surface area contributed by atoms with Gasteiger partial charge in [0, 0.05) is 31.7 Å². The van der Waals surface area contributed by atoms with E-state index in [1.54, 1.807) is 24.3 Å². The summed E-state index contributed by atoms with van der Waals surface area (Å²) in [5.74, 6) is -1.67. The molecule has 4 rings (SSSR count). The van der Waals surface area contributed by atoms with Crippen LogP contribution in [0.25, 0.3) is 0 Å². The van der Waals surface area contributed by atoms with Gasteiger partial charge in [0.05, 0.1) is 12.0 Å². The Morgan fingerprint density at radius 3 is 2.26 bits per heavy atom. The summed E-state index contributed by atoms with van der Waals surface area (Å²) in [6, 6.07) is 4.41. The Balaban J connectivity index is 1.20. The van der Waals surface area contributed by atoms with Crippen LogP contribution in [0.2, 0.25) is 0 Å². The Kier molecular flexibility index (Phi) is 9.62. The maximum Gasteiger partial charge on any atom is 0.412 e. The van der Waals surface area contributed by atoms with Gasteiger partial charge in [0.2, 0.25) is 5.91 Å². The number of benzene rings is 1. The van der Waals surface area contributed by atoms with Crippen molar-refractivity contribution in [1.29, 1.82) is 0 Å². The highest BCUT2D eigenvalue weighted by Crippen LogP contribution is 2.39. The van der Waals surface area contributed by atoms with Crippen LogP contribution in [0.5, 0.6) is 5.75 Å². The number of carbonyl (C=O) groups is 3. The molecule has 1 aromatic carbocycles. The quantitative estimate of drug-likeness (QED) is 0.410. The van der Waals surface area contributed by atoms with E-state index >= 15 is 0 Å². The third kappa shape index (κ3) is 7.80. The van der Waals surface area contributed by atoms with Gasteiger partial charge in [-0.1, -0.05) is 11.8 Å². The molecule has 1 saturated heterocycles. The van der Waals surface area contributed by atoms with Gasteiger partial charge >= 0.3 is 12.1 Å². The minimum atomic E-state index is -4.63. The second kappa shape index (κ2) is 12.9. The van der Waals surface area contributed by atoms with Crippen LogP contribution in [-0.4, -0.2) is 82.7 Å². The summed E-state index contributed by atoms with van der Waals surface area (Å²) in [4.78, 5) is 41.8. The van der Waals surface area contributed by atoms with Gasteiger partial charge in [-0.2, -0.15) is 13.2 Å². The zero-order valence-corrected chi connectivity index (χ0v) is 22.2. The Labute approximate surface area is 228 Å². The Morgan fingerprint density at radius 2 is 1.64 bits per heavy atom. The van der Waals surface area contributed by atoms with Crippen molar-refractivity contribution >= 4 is 34.7 Å². The number of ether oxygens (including phenoxy) is 1. The van der Waals surface area contributed by atoms with Crippen LogP contribution >= 0.6 is 11.8 Å². The monoisotopic (exact) mass is 570 g/mol. The van der Waals surface area contributed by atoms with Crippen LogP contribution < -0.4 is 15.4 Å². The first-order valence-electron chi connectivity index (χ1n) is 13.2. The minimum Gasteiger partial charge on any atom is -0.490 e. The molecule has 0 spiro atoms. The number of aliphatic carboxylic acids is 1. The van der Waals surface area contributed by atoms with E-state index in [9.17, 15) is 27.6 Å². The third-order valence-corrected chi connectivity index (χ3v) is 8.44. The summed E-state index contributed by atoms with van der Waals surface area (Å²) in [6.07, 6.45) is 0.547. The van der Waals surface area contributed by atoms with E-state index < -0.39 is 35.3 Å². The molecule has 39 heavy (non-hydrogen) atoms. The molecule has 1 saturated carbocycles. The molecule has 0 aromatic heterocycles. The fourth-order valence-corrected chi connectivity index (χ4v) is 6.22. The fourth-order valence-electron chi connectivity index (χ4n) is 4.95. The molecule has 3 N–H and O–H groups in total. The fraction of sp³-hybridized carbons (Fsp3) is 0.615. The first-order valence-corrected chi connectivity index (χ1v) is 14.1. The summed E-state index contributed by atoms with van der Waals surface area (Å²) >= 11 is 0.855. The number of likely N-dealkylation sites (tertiary alicyclic amines) is 1. The number of nitrogens with one attached hydrogen (secondary N) is 2. The summed E-state index contributed by atoms with van der Waals surface area (Å²) < 4.78 is 46.7. The van der Waals surface area contributed by atoms with Crippen molar-refractivity contribution < 1.29 is 37.4 Å². The number of carbonyl (C=O) groups excluding carboxylic acids is 2. The molecule has 2 unspecified atom stereocenters. The van der Waals surface area contributed by atoms with E-state index in [-0.39, 0.29) is 30.3 Å². The van der Waals surface area contributed by atoms with Crippen LogP contribution in [0.1, 0.15) is 55.3 Å². The van der Waals surface area contributed by atoms with Gasteiger partial charge in [-0.15, -0.1) is 0 Å². The number of amides is 2. The van der Waals surface area contributed by atoms with Crippen molar-refractivity contribution in [3.63, 3.8) is 0 Å². The third-order valence-electron chi connectivity index (χ3n) is 7.14. The highest BCUT2D eigenvalue weighted by Gasteiger charge is 2.52. The Hall–Kier alpha value is -2.96. The second-order valence-corrected chi connectivity index (χ2v) is 11.1. The molecular weight excluding hydrogens is 537 g/mol. The summed E-state index contributed by atoms with van der Waals surface area (Å²) in [7, 11) is 0. The highest BCUT2D eigenvalue weighted by atomic mass is 32.2. The van der Waals surface area contributed by atoms with E-state index in [1.807, 2.05) is 4.90 Å². The van der Waals surface area contributed by atoms with Gasteiger partial charge < -0.3 is 25.4 Å². The van der Waals surface area contributed by atoms with Crippen molar-refractivity contribution in [1.82, 2.24) is 15.5 Å². The van der Waals surface area contributed by atoms with E-state index in [2.05, 4.69) is 15.6 Å². The smallest absolute Gasteiger partial charge is 0.412 e. The molecule has 2 fully saturated rings. The highest BCUT2D eigenvalue weighted by molar-refractivity contribution is 8.15. The Bertz CT molecular complexity index is 1050. The van der Waals surface area contributed by atoms with Crippen LogP contribution in [0.4, 0.5) is 13.2 Å². The number of carboxylic acid groups (broad SMARTS) is 1. The minimum absolute atomic E-state index is 0.0224. The molecule has 0 bridgehead atoms. The number of hydrogen-bond donors (Lipinski definition) is 3. The standard InChI is InChI=1S/C26H33F3N4O5S/c27-26(28,29)21-20(39-25(32-21)33-14-2-1-3-15-33)23(35)31-13-12-30-22(34)16-4-8-18(9-5-16)38-19-10-6-17(7-11-19)24(36)37/h4-5,8-9,17,19-21H,1-3,6-7,10-15H2,(H,30,34)(H,31,35)(H,36,37)/t17-,19+,20?,21?. The molecule has 13 heteroatoms. The van der Waals surface area contributed by atoms with Crippen molar-refractivity contribution in [2.45, 2.75) is 68.5 Å². The summed E-state index contributed by atoms with van der Waals surface area (Å²) in [5, 5.41) is 13.1. The topological polar surface area (TPSA) is 120 Å². The van der Waals surface area contributed by atoms with Gasteiger partial charge in [0.25, 0.3) is 5.91 Å². The molecule has 0 radical (unpaired) electrons. The molecule has 214 valence electrons. The number of alkyl halides is 3. The average molecular weight is 571 g/mol. The van der Waals surface area contributed by atoms with Crippen LogP contribution in [0.3, 0.4) is 0 Å². The zero-order valence-electron chi connectivity index (χ0n) is 21.4. The van der Waals surface area contributed by atoms with E-state index in [1.165, 1.54) is 0 Å². The van der Waals surface area contributed by atoms with Crippen molar-refractivity contribution in [3.05, 3.63) is 29.8 Å². The van der Waals surface area contributed by atoms with Crippen LogP contribution in [0.15, 0.2) is 29.3 Å². The van der Waals surface area contributed by atoms with E-state index in [0.717, 1.165) is 31.0 Å². The SMILES string of the molecule is O=C(NCCNC(=O)C1SC(N2CCCCC2)=NC1C(F)(F)F)c1ccc(O[C@H]2CC[C@@H](C(=O)O)CC2)cc1. The number of nitrogens with zero attached hydrogens (tertiary/aromatic N) is 2. The van der Waals surface area contributed by atoms with Gasteiger partial charge in [-0.25, -0.2) is 4.99 Å². The lowest BCUT2D eigenvalue weighted by Gasteiger charge is -2.27. The predicted octanol–water partition coefficient (Wildman–Crippen LogP) is 3.44. The lowest BCUT2D eigenvalue weighted by Crippen LogP contribution is -2.46. The average Bonchev–Trinajstić information content (AvgIpc) is 3.39. The second-order valence-electron chi connectivity index (χ2n) is 9.99. The van der Waals surface area contributed by atoms with E-state index in [0.29, 0.717) is 50.1 Å². The lowest BCUT2D eigenvalue weighted by atomic mass is 9.87. The number of piperidine rings is 1. The summed E-state index contributed by atoms with van der Waals surface area (Å²) in [6.45, 7) is 1.30. The van der Waals surface area contributed by atoms with Gasteiger partial charge in [-0.05, 0) is 69.2 Å². The van der Waals surface area contributed by atoms with Gasteiger partial charge in [0.15, 0.2) is 11.2 Å². The molecule has 1 aromatic rings. The number of amidine groups is 1. The largest absolute Gasteiger partial charge is 0.490 e. The lowest BCUT2D eigenvalue weighted by molar-refractivity contribution is -0.152. The molecular formula is C26H33F3N4O5S. The number of thioether (sulfide) groups is 1. The molecule has 2 amide bonds. The van der Waals surface area contributed by atoms with Crippen LogP contribution in [0, 0.1) is 5.92 Å². The van der Waals surface area contributed by atoms with Crippen LogP contribution in [-0.2, 0) is 9.59 Å². The first kappa shape index (κ1) is 29.0. The zero-order chi connectivity index (χ0) is 28.0. The maximum absolute atomic E-state index is 13.6.